The molecule has 1 aromatic rings. The highest BCUT2D eigenvalue weighted by Gasteiger charge is 2.09. The van der Waals surface area contributed by atoms with Gasteiger partial charge in [0.1, 0.15) is 5.82 Å². The van der Waals surface area contributed by atoms with Gasteiger partial charge < -0.3 is 5.32 Å². The predicted octanol–water partition coefficient (Wildman–Crippen LogP) is 3.76. The minimum atomic E-state index is -1.10. The second-order valence-electron chi connectivity index (χ2n) is 4.43. The minimum absolute atomic E-state index is 0.0323. The highest BCUT2D eigenvalue weighted by Crippen LogP contribution is 2.19. The molecule has 2 atom stereocenters. The molecule has 0 amide bonds. The monoisotopic (exact) mass is 305 g/mol. The molecule has 0 heterocycles. The number of halogens is 2. The lowest BCUT2D eigenvalue weighted by Crippen LogP contribution is -2.28. The normalized spacial score (nSPS) is 14.3. The molecule has 0 saturated heterocycles. The summed E-state index contributed by atoms with van der Waals surface area (Å²) in [5.74, 6) is 0.116. The van der Waals surface area contributed by atoms with Crippen LogP contribution in [0.2, 0.25) is 5.02 Å². The number of benzene rings is 1. The number of nitrogens with one attached hydrogen (secondary N) is 1. The topological polar surface area (TPSA) is 29.1 Å². The summed E-state index contributed by atoms with van der Waals surface area (Å²) in [6.07, 6.45) is 2.96. The molecule has 0 spiro atoms. The van der Waals surface area contributed by atoms with Crippen molar-refractivity contribution in [2.45, 2.75) is 44.0 Å². The van der Waals surface area contributed by atoms with Crippen LogP contribution in [-0.2, 0) is 10.8 Å². The van der Waals surface area contributed by atoms with Crippen LogP contribution < -0.4 is 5.32 Å². The molecule has 0 saturated carbocycles. The Morgan fingerprint density at radius 2 is 2.16 bits per heavy atom. The standard InChI is InChI=1S/C14H21ClFNOS/c1-3-11(17-4-2)6-5-9-19(18)12-7-8-14(16)13(15)10-12/h7-8,10-11,17H,3-6,9H2,1-2H3. The van der Waals surface area contributed by atoms with E-state index < -0.39 is 16.6 Å². The number of hydrogen-bond donors (Lipinski definition) is 1. The SMILES string of the molecule is CCNC(CC)CCCS(=O)c1ccc(F)c(Cl)c1. The van der Waals surface area contributed by atoms with E-state index in [4.69, 9.17) is 11.6 Å². The molecule has 19 heavy (non-hydrogen) atoms. The van der Waals surface area contributed by atoms with E-state index in [1.165, 1.54) is 12.1 Å². The van der Waals surface area contributed by atoms with Gasteiger partial charge in [0.25, 0.3) is 0 Å². The first kappa shape index (κ1) is 16.6. The smallest absolute Gasteiger partial charge is 0.141 e. The Hall–Kier alpha value is -0.450. The van der Waals surface area contributed by atoms with Crippen molar-refractivity contribution in [1.82, 2.24) is 5.32 Å². The maximum absolute atomic E-state index is 13.0. The van der Waals surface area contributed by atoms with Crippen molar-refractivity contribution < 1.29 is 8.60 Å². The Kier molecular flexibility index (Phi) is 7.57. The van der Waals surface area contributed by atoms with Crippen LogP contribution in [0.5, 0.6) is 0 Å². The first-order chi connectivity index (χ1) is 9.08. The van der Waals surface area contributed by atoms with Gasteiger partial charge in [-0.2, -0.15) is 0 Å². The van der Waals surface area contributed by atoms with Gasteiger partial charge in [0.2, 0.25) is 0 Å². The fraction of sp³-hybridized carbons (Fsp3) is 0.571. The lowest BCUT2D eigenvalue weighted by Gasteiger charge is -2.15. The highest BCUT2D eigenvalue weighted by atomic mass is 35.5. The maximum Gasteiger partial charge on any atom is 0.141 e. The van der Waals surface area contributed by atoms with Crippen LogP contribution in [0.1, 0.15) is 33.1 Å². The van der Waals surface area contributed by atoms with E-state index in [1.54, 1.807) is 6.07 Å². The molecule has 5 heteroatoms. The van der Waals surface area contributed by atoms with E-state index in [1.807, 2.05) is 0 Å². The largest absolute Gasteiger partial charge is 0.314 e. The summed E-state index contributed by atoms with van der Waals surface area (Å²) in [6, 6.07) is 4.75. The van der Waals surface area contributed by atoms with Crippen LogP contribution in [0, 0.1) is 5.82 Å². The Morgan fingerprint density at radius 1 is 1.42 bits per heavy atom. The van der Waals surface area contributed by atoms with E-state index in [0.29, 0.717) is 16.7 Å². The Bertz CT molecular complexity index is 428. The van der Waals surface area contributed by atoms with Gasteiger partial charge in [-0.05, 0) is 44.0 Å². The molecular formula is C14H21ClFNOS. The fourth-order valence-corrected chi connectivity index (χ4v) is 3.32. The van der Waals surface area contributed by atoms with Crippen molar-refractivity contribution >= 4 is 22.4 Å². The second-order valence-corrected chi connectivity index (χ2v) is 6.41. The van der Waals surface area contributed by atoms with Crippen LogP contribution in [-0.4, -0.2) is 22.5 Å². The van der Waals surface area contributed by atoms with Crippen molar-refractivity contribution in [3.8, 4) is 0 Å². The third kappa shape index (κ3) is 5.59. The van der Waals surface area contributed by atoms with Gasteiger partial charge in [-0.1, -0.05) is 25.4 Å². The lowest BCUT2D eigenvalue weighted by atomic mass is 10.1. The minimum Gasteiger partial charge on any atom is -0.314 e. The molecule has 0 aliphatic carbocycles. The summed E-state index contributed by atoms with van der Waals surface area (Å²) >= 11 is 5.69. The predicted molar refractivity (Wildman–Crippen MR) is 79.7 cm³/mol. The molecule has 0 aromatic heterocycles. The van der Waals surface area contributed by atoms with Crippen LogP contribution in [0.3, 0.4) is 0 Å². The van der Waals surface area contributed by atoms with E-state index >= 15 is 0 Å². The Labute approximate surface area is 122 Å². The third-order valence-corrected chi connectivity index (χ3v) is 4.75. The van der Waals surface area contributed by atoms with Gasteiger partial charge >= 0.3 is 0 Å². The molecule has 2 unspecified atom stereocenters. The summed E-state index contributed by atoms with van der Waals surface area (Å²) in [5.41, 5.74) is 0. The van der Waals surface area contributed by atoms with Crippen molar-refractivity contribution in [3.05, 3.63) is 29.0 Å². The van der Waals surface area contributed by atoms with Crippen LogP contribution in [0.4, 0.5) is 4.39 Å². The molecule has 0 fully saturated rings. The number of hydrogen-bond acceptors (Lipinski definition) is 2. The first-order valence-corrected chi connectivity index (χ1v) is 8.35. The van der Waals surface area contributed by atoms with Crippen molar-refractivity contribution in [3.63, 3.8) is 0 Å². The van der Waals surface area contributed by atoms with E-state index in [0.717, 1.165) is 25.8 Å². The Morgan fingerprint density at radius 3 is 2.74 bits per heavy atom. The lowest BCUT2D eigenvalue weighted by molar-refractivity contribution is 0.476. The zero-order valence-electron chi connectivity index (χ0n) is 11.4. The van der Waals surface area contributed by atoms with Crippen molar-refractivity contribution in [2.75, 3.05) is 12.3 Å². The quantitative estimate of drug-likeness (QED) is 0.792. The van der Waals surface area contributed by atoms with Gasteiger partial charge in [0.05, 0.1) is 15.8 Å². The Balaban J connectivity index is 2.44. The van der Waals surface area contributed by atoms with Crippen molar-refractivity contribution in [1.29, 1.82) is 0 Å². The second kappa shape index (κ2) is 8.67. The van der Waals surface area contributed by atoms with E-state index in [-0.39, 0.29) is 5.02 Å². The summed E-state index contributed by atoms with van der Waals surface area (Å²) in [6.45, 7) is 5.18. The summed E-state index contributed by atoms with van der Waals surface area (Å²) in [7, 11) is -1.10. The average Bonchev–Trinajstić information content (AvgIpc) is 2.40. The molecule has 108 valence electrons. The van der Waals surface area contributed by atoms with Gasteiger partial charge in [-0.3, -0.25) is 4.21 Å². The molecule has 0 radical (unpaired) electrons. The number of rotatable bonds is 8. The van der Waals surface area contributed by atoms with Gasteiger partial charge in [-0.25, -0.2) is 4.39 Å². The fourth-order valence-electron chi connectivity index (χ4n) is 1.94. The zero-order valence-corrected chi connectivity index (χ0v) is 13.0. The van der Waals surface area contributed by atoms with Crippen LogP contribution in [0.25, 0.3) is 0 Å². The highest BCUT2D eigenvalue weighted by molar-refractivity contribution is 7.85. The molecule has 0 aliphatic heterocycles. The molecule has 1 aromatic carbocycles. The molecule has 2 nitrogen and oxygen atoms in total. The average molecular weight is 306 g/mol. The molecule has 1 N–H and O–H groups in total. The zero-order chi connectivity index (χ0) is 14.3. The first-order valence-electron chi connectivity index (χ1n) is 6.65. The van der Waals surface area contributed by atoms with Gasteiger partial charge in [-0.15, -0.1) is 0 Å². The summed E-state index contributed by atoms with van der Waals surface area (Å²) in [4.78, 5) is 0.600. The van der Waals surface area contributed by atoms with Gasteiger partial charge in [0, 0.05) is 16.7 Å². The molecular weight excluding hydrogens is 285 g/mol. The summed E-state index contributed by atoms with van der Waals surface area (Å²) < 4.78 is 25.1. The molecule has 0 aliphatic rings. The molecule has 0 bridgehead atoms. The molecule has 1 rings (SSSR count). The van der Waals surface area contributed by atoms with E-state index in [2.05, 4.69) is 19.2 Å². The van der Waals surface area contributed by atoms with Crippen molar-refractivity contribution in [2.24, 2.45) is 0 Å². The van der Waals surface area contributed by atoms with Crippen LogP contribution >= 0.6 is 11.6 Å². The van der Waals surface area contributed by atoms with Gasteiger partial charge in [0.15, 0.2) is 0 Å². The maximum atomic E-state index is 13.0. The van der Waals surface area contributed by atoms with Crippen LogP contribution in [0.15, 0.2) is 23.1 Å². The third-order valence-electron chi connectivity index (χ3n) is 3.02. The van der Waals surface area contributed by atoms with E-state index in [9.17, 15) is 8.60 Å². The summed E-state index contributed by atoms with van der Waals surface area (Å²) in [5, 5.41) is 3.43.